The third-order valence-corrected chi connectivity index (χ3v) is 4.78. The fourth-order valence-electron chi connectivity index (χ4n) is 3.63. The van der Waals surface area contributed by atoms with E-state index in [9.17, 15) is 9.50 Å². The summed E-state index contributed by atoms with van der Waals surface area (Å²) in [5.41, 5.74) is 1.90. The molecule has 3 nitrogen and oxygen atoms in total. The Kier molecular flexibility index (Phi) is 4.76. The van der Waals surface area contributed by atoms with E-state index in [-0.39, 0.29) is 12.4 Å². The molecule has 0 aromatic heterocycles. The van der Waals surface area contributed by atoms with Crippen molar-refractivity contribution in [2.75, 3.05) is 37.7 Å². The van der Waals surface area contributed by atoms with Gasteiger partial charge in [-0.25, -0.2) is 4.39 Å². The van der Waals surface area contributed by atoms with Crippen LogP contribution in [-0.2, 0) is 6.54 Å². The number of aliphatic hydroxyl groups is 1. The molecule has 3 rings (SSSR count). The third-order valence-electron chi connectivity index (χ3n) is 4.78. The fraction of sp³-hybridized carbons (Fsp3) is 0.647. The summed E-state index contributed by atoms with van der Waals surface area (Å²) in [7, 11) is 0. The largest absolute Gasteiger partial charge is 0.396 e. The molecule has 21 heavy (non-hydrogen) atoms. The van der Waals surface area contributed by atoms with Gasteiger partial charge in [0.1, 0.15) is 5.82 Å². The molecule has 1 aromatic carbocycles. The van der Waals surface area contributed by atoms with Crippen LogP contribution >= 0.6 is 0 Å². The quantitative estimate of drug-likeness (QED) is 0.924. The van der Waals surface area contributed by atoms with Crippen LogP contribution in [0.5, 0.6) is 0 Å². The summed E-state index contributed by atoms with van der Waals surface area (Å²) in [6.07, 6.45) is 4.58. The SMILES string of the molecule is OCC1CCCN(Cc2c(F)cccc2N2CCCC2)C1. The van der Waals surface area contributed by atoms with Crippen LogP contribution in [-0.4, -0.2) is 42.8 Å². The van der Waals surface area contributed by atoms with Gasteiger partial charge in [-0.1, -0.05) is 6.07 Å². The molecular weight excluding hydrogens is 267 g/mol. The number of benzene rings is 1. The zero-order chi connectivity index (χ0) is 14.7. The number of hydrogen-bond acceptors (Lipinski definition) is 3. The molecule has 4 heteroatoms. The molecule has 2 aliphatic rings. The van der Waals surface area contributed by atoms with Crippen molar-refractivity contribution in [3.8, 4) is 0 Å². The molecule has 0 radical (unpaired) electrons. The van der Waals surface area contributed by atoms with Crippen LogP contribution < -0.4 is 4.90 Å². The lowest BCUT2D eigenvalue weighted by Crippen LogP contribution is -2.37. The second-order valence-corrected chi connectivity index (χ2v) is 6.36. The van der Waals surface area contributed by atoms with Crippen molar-refractivity contribution in [3.05, 3.63) is 29.6 Å². The van der Waals surface area contributed by atoms with Gasteiger partial charge in [-0.15, -0.1) is 0 Å². The van der Waals surface area contributed by atoms with Crippen molar-refractivity contribution in [3.63, 3.8) is 0 Å². The monoisotopic (exact) mass is 292 g/mol. The molecule has 2 heterocycles. The Morgan fingerprint density at radius 1 is 1.14 bits per heavy atom. The van der Waals surface area contributed by atoms with Crippen molar-refractivity contribution < 1.29 is 9.50 Å². The topological polar surface area (TPSA) is 26.7 Å². The third kappa shape index (κ3) is 3.38. The molecule has 1 N–H and O–H groups in total. The predicted molar refractivity (Wildman–Crippen MR) is 82.9 cm³/mol. The summed E-state index contributed by atoms with van der Waals surface area (Å²) >= 11 is 0. The van der Waals surface area contributed by atoms with Gasteiger partial charge in [0.15, 0.2) is 0 Å². The Morgan fingerprint density at radius 3 is 2.71 bits per heavy atom. The van der Waals surface area contributed by atoms with E-state index in [1.54, 1.807) is 6.07 Å². The van der Waals surface area contributed by atoms with Crippen molar-refractivity contribution >= 4 is 5.69 Å². The molecule has 1 atom stereocenters. The van der Waals surface area contributed by atoms with Crippen molar-refractivity contribution in [1.82, 2.24) is 4.90 Å². The molecule has 116 valence electrons. The van der Waals surface area contributed by atoms with Gasteiger partial charge in [0.25, 0.3) is 0 Å². The Morgan fingerprint density at radius 2 is 1.95 bits per heavy atom. The number of rotatable bonds is 4. The minimum Gasteiger partial charge on any atom is -0.396 e. The Bertz CT molecular complexity index is 474. The van der Waals surface area contributed by atoms with E-state index >= 15 is 0 Å². The maximum absolute atomic E-state index is 14.3. The smallest absolute Gasteiger partial charge is 0.129 e. The standard InChI is InChI=1S/C17H25FN2O/c18-16-6-3-7-17(20-9-1-2-10-20)15(16)12-19-8-4-5-14(11-19)13-21/h3,6-7,14,21H,1-2,4-5,8-13H2. The molecule has 2 aliphatic heterocycles. The van der Waals surface area contributed by atoms with Crippen LogP contribution in [0.4, 0.5) is 10.1 Å². The highest BCUT2D eigenvalue weighted by molar-refractivity contribution is 5.54. The highest BCUT2D eigenvalue weighted by Crippen LogP contribution is 2.29. The number of likely N-dealkylation sites (tertiary alicyclic amines) is 1. The van der Waals surface area contributed by atoms with Crippen molar-refractivity contribution in [1.29, 1.82) is 0 Å². The van der Waals surface area contributed by atoms with Crippen LogP contribution in [0.3, 0.4) is 0 Å². The average Bonchev–Trinajstić information content (AvgIpc) is 3.04. The summed E-state index contributed by atoms with van der Waals surface area (Å²) in [4.78, 5) is 4.61. The minimum atomic E-state index is -0.0921. The van der Waals surface area contributed by atoms with E-state index in [4.69, 9.17) is 0 Å². The normalized spacial score (nSPS) is 23.7. The van der Waals surface area contributed by atoms with Gasteiger partial charge in [-0.2, -0.15) is 0 Å². The first-order chi connectivity index (χ1) is 10.3. The Hall–Kier alpha value is -1.13. The molecule has 0 amide bonds. The van der Waals surface area contributed by atoms with Gasteiger partial charge >= 0.3 is 0 Å². The maximum Gasteiger partial charge on any atom is 0.129 e. The second-order valence-electron chi connectivity index (χ2n) is 6.36. The van der Waals surface area contributed by atoms with Crippen molar-refractivity contribution in [2.24, 2.45) is 5.92 Å². The average molecular weight is 292 g/mol. The zero-order valence-corrected chi connectivity index (χ0v) is 12.6. The summed E-state index contributed by atoms with van der Waals surface area (Å²) in [5.74, 6) is 0.256. The van der Waals surface area contributed by atoms with Gasteiger partial charge in [0.2, 0.25) is 0 Å². The molecule has 0 spiro atoms. The molecule has 1 aromatic rings. The van der Waals surface area contributed by atoms with Gasteiger partial charge in [0.05, 0.1) is 0 Å². The number of nitrogens with zero attached hydrogens (tertiary/aromatic N) is 2. The van der Waals surface area contributed by atoms with Crippen LogP contribution in [0.2, 0.25) is 0 Å². The highest BCUT2D eigenvalue weighted by Gasteiger charge is 2.23. The number of anilines is 1. The lowest BCUT2D eigenvalue weighted by Gasteiger charge is -2.33. The van der Waals surface area contributed by atoms with E-state index in [1.165, 1.54) is 12.8 Å². The summed E-state index contributed by atoms with van der Waals surface area (Å²) in [6.45, 7) is 4.86. The van der Waals surface area contributed by atoms with Crippen molar-refractivity contribution in [2.45, 2.75) is 32.2 Å². The number of piperidine rings is 1. The maximum atomic E-state index is 14.3. The van der Waals surface area contributed by atoms with Crippen LogP contribution in [0.25, 0.3) is 0 Å². The minimum absolute atomic E-state index is 0.0921. The van der Waals surface area contributed by atoms with E-state index in [0.717, 1.165) is 50.3 Å². The van der Waals surface area contributed by atoms with Gasteiger partial charge in [0, 0.05) is 44.0 Å². The van der Waals surface area contributed by atoms with E-state index in [1.807, 2.05) is 6.07 Å². The lowest BCUT2D eigenvalue weighted by atomic mass is 9.98. The van der Waals surface area contributed by atoms with Crippen LogP contribution in [0.1, 0.15) is 31.2 Å². The molecule has 1 unspecified atom stereocenters. The zero-order valence-electron chi connectivity index (χ0n) is 12.6. The second kappa shape index (κ2) is 6.75. The first kappa shape index (κ1) is 14.8. The molecule has 0 aliphatic carbocycles. The predicted octanol–water partition coefficient (Wildman–Crippen LogP) is 2.63. The Balaban J connectivity index is 1.77. The van der Waals surface area contributed by atoms with Crippen LogP contribution in [0.15, 0.2) is 18.2 Å². The first-order valence-electron chi connectivity index (χ1n) is 8.13. The number of halogens is 1. The number of aliphatic hydroxyl groups excluding tert-OH is 1. The summed E-state index contributed by atoms with van der Waals surface area (Å²) in [6, 6.07) is 5.44. The first-order valence-corrected chi connectivity index (χ1v) is 8.13. The summed E-state index contributed by atoms with van der Waals surface area (Å²) < 4.78 is 14.3. The van der Waals surface area contributed by atoms with E-state index in [2.05, 4.69) is 15.9 Å². The molecule has 0 bridgehead atoms. The lowest BCUT2D eigenvalue weighted by molar-refractivity contribution is 0.115. The molecular formula is C17H25FN2O. The molecule has 2 saturated heterocycles. The van der Waals surface area contributed by atoms with Crippen LogP contribution in [0, 0.1) is 11.7 Å². The van der Waals surface area contributed by atoms with Gasteiger partial charge in [-0.3, -0.25) is 4.90 Å². The highest BCUT2D eigenvalue weighted by atomic mass is 19.1. The fourth-order valence-corrected chi connectivity index (χ4v) is 3.63. The van der Waals surface area contributed by atoms with Gasteiger partial charge in [-0.05, 0) is 50.3 Å². The molecule has 0 saturated carbocycles. The molecule has 2 fully saturated rings. The van der Waals surface area contributed by atoms with E-state index in [0.29, 0.717) is 12.5 Å². The number of hydrogen-bond donors (Lipinski definition) is 1. The van der Waals surface area contributed by atoms with Gasteiger partial charge < -0.3 is 10.0 Å². The Labute approximate surface area is 126 Å². The van der Waals surface area contributed by atoms with E-state index < -0.39 is 0 Å². The summed E-state index contributed by atoms with van der Waals surface area (Å²) in [5, 5.41) is 9.35.